The number of hydrazine groups is 1. The maximum Gasteiger partial charge on any atom is 0.301 e. The molecule has 1 aromatic heterocycles. The van der Waals surface area contributed by atoms with Crippen molar-refractivity contribution < 1.29 is 9.21 Å². The number of hydrogen-bond donors (Lipinski definition) is 2. The van der Waals surface area contributed by atoms with Gasteiger partial charge in [-0.15, -0.1) is 0 Å². The minimum absolute atomic E-state index is 0.235. The third-order valence-corrected chi connectivity index (χ3v) is 1.60. The van der Waals surface area contributed by atoms with E-state index >= 15 is 0 Å². The number of rotatable bonds is 5. The summed E-state index contributed by atoms with van der Waals surface area (Å²) in [5, 5.41) is 0. The van der Waals surface area contributed by atoms with Gasteiger partial charge >= 0.3 is 5.91 Å². The van der Waals surface area contributed by atoms with Crippen molar-refractivity contribution in [3.63, 3.8) is 0 Å². The summed E-state index contributed by atoms with van der Waals surface area (Å²) < 4.78 is 4.90. The molecule has 2 N–H and O–H groups in total. The van der Waals surface area contributed by atoms with Gasteiger partial charge in [-0.3, -0.25) is 10.2 Å². The monoisotopic (exact) mass is 182 g/mol. The zero-order valence-electron chi connectivity index (χ0n) is 7.67. The summed E-state index contributed by atoms with van der Waals surface area (Å²) in [5.74, 6) is 0.0881. The minimum Gasteiger partial charge on any atom is -0.459 e. The first-order valence-electron chi connectivity index (χ1n) is 4.41. The second kappa shape index (κ2) is 5.37. The van der Waals surface area contributed by atoms with Crippen LogP contribution < -0.4 is 10.9 Å². The first-order valence-corrected chi connectivity index (χ1v) is 4.41. The molecule has 0 spiro atoms. The zero-order valence-corrected chi connectivity index (χ0v) is 7.67. The molecule has 0 unspecified atom stereocenters. The van der Waals surface area contributed by atoms with Crippen molar-refractivity contribution in [3.8, 4) is 0 Å². The Hall–Kier alpha value is -1.29. The Labute approximate surface area is 77.3 Å². The summed E-state index contributed by atoms with van der Waals surface area (Å²) in [7, 11) is 0. The topological polar surface area (TPSA) is 54.3 Å². The summed E-state index contributed by atoms with van der Waals surface area (Å²) in [4.78, 5) is 11.2. The smallest absolute Gasteiger partial charge is 0.301 e. The molecule has 1 heterocycles. The average Bonchev–Trinajstić information content (AvgIpc) is 2.65. The van der Waals surface area contributed by atoms with Crippen LogP contribution in [0.2, 0.25) is 0 Å². The van der Waals surface area contributed by atoms with Gasteiger partial charge in [0.05, 0.1) is 6.26 Å². The van der Waals surface area contributed by atoms with E-state index in [-0.39, 0.29) is 5.91 Å². The third-order valence-electron chi connectivity index (χ3n) is 1.60. The molecule has 4 nitrogen and oxygen atoms in total. The number of furan rings is 1. The molecule has 0 aromatic carbocycles. The van der Waals surface area contributed by atoms with Gasteiger partial charge in [-0.1, -0.05) is 13.3 Å². The fourth-order valence-corrected chi connectivity index (χ4v) is 0.877. The van der Waals surface area contributed by atoms with Gasteiger partial charge in [0.2, 0.25) is 0 Å². The van der Waals surface area contributed by atoms with Gasteiger partial charge in [0, 0.05) is 6.54 Å². The van der Waals surface area contributed by atoms with E-state index in [9.17, 15) is 4.79 Å². The van der Waals surface area contributed by atoms with Gasteiger partial charge < -0.3 is 4.42 Å². The normalized spacial score (nSPS) is 9.92. The fraction of sp³-hybridized carbons (Fsp3) is 0.444. The summed E-state index contributed by atoms with van der Waals surface area (Å²) in [5.41, 5.74) is 5.35. The molecule has 0 bridgehead atoms. The molecule has 0 saturated heterocycles. The van der Waals surface area contributed by atoms with Crippen LogP contribution in [-0.4, -0.2) is 12.5 Å². The largest absolute Gasteiger partial charge is 0.459 e. The Bertz CT molecular complexity index is 244. The molecule has 1 amide bonds. The van der Waals surface area contributed by atoms with Crippen molar-refractivity contribution in [2.75, 3.05) is 6.54 Å². The molecule has 0 radical (unpaired) electrons. The van der Waals surface area contributed by atoms with Crippen molar-refractivity contribution >= 4 is 5.91 Å². The number of carbonyl (C=O) groups is 1. The van der Waals surface area contributed by atoms with E-state index in [1.807, 2.05) is 0 Å². The van der Waals surface area contributed by atoms with E-state index < -0.39 is 0 Å². The molecule has 0 fully saturated rings. The summed E-state index contributed by atoms with van der Waals surface area (Å²) in [6.45, 7) is 2.87. The SMILES string of the molecule is CCCCNNC(=O)c1ccco1. The molecular formula is C9H14N2O2. The highest BCUT2D eigenvalue weighted by molar-refractivity contribution is 5.90. The predicted octanol–water partition coefficient (Wildman–Crippen LogP) is 1.31. The van der Waals surface area contributed by atoms with Gasteiger partial charge in [-0.25, -0.2) is 5.43 Å². The van der Waals surface area contributed by atoms with E-state index in [4.69, 9.17) is 4.42 Å². The van der Waals surface area contributed by atoms with Crippen molar-refractivity contribution in [2.24, 2.45) is 0 Å². The first kappa shape index (κ1) is 9.80. The first-order chi connectivity index (χ1) is 6.34. The van der Waals surface area contributed by atoms with Crippen LogP contribution in [-0.2, 0) is 0 Å². The molecule has 0 aliphatic carbocycles. The Morgan fingerprint density at radius 2 is 2.46 bits per heavy atom. The lowest BCUT2D eigenvalue weighted by molar-refractivity contribution is 0.0905. The molecule has 1 rings (SSSR count). The van der Waals surface area contributed by atoms with Crippen LogP contribution in [0.25, 0.3) is 0 Å². The number of unbranched alkanes of at least 4 members (excludes halogenated alkanes) is 1. The molecule has 0 atom stereocenters. The Balaban J connectivity index is 2.19. The van der Waals surface area contributed by atoms with Crippen molar-refractivity contribution in [3.05, 3.63) is 24.2 Å². The van der Waals surface area contributed by atoms with Crippen LogP contribution in [0.15, 0.2) is 22.8 Å². The maximum absolute atomic E-state index is 11.2. The molecule has 13 heavy (non-hydrogen) atoms. The van der Waals surface area contributed by atoms with Crippen LogP contribution in [0.1, 0.15) is 30.3 Å². The number of carbonyl (C=O) groups excluding carboxylic acids is 1. The minimum atomic E-state index is -0.235. The van der Waals surface area contributed by atoms with E-state index in [0.29, 0.717) is 5.76 Å². The second-order valence-electron chi connectivity index (χ2n) is 2.71. The summed E-state index contributed by atoms with van der Waals surface area (Å²) in [6, 6.07) is 3.30. The van der Waals surface area contributed by atoms with E-state index in [0.717, 1.165) is 19.4 Å². The average molecular weight is 182 g/mol. The van der Waals surface area contributed by atoms with E-state index in [1.165, 1.54) is 6.26 Å². The van der Waals surface area contributed by atoms with Gasteiger partial charge in [0.15, 0.2) is 5.76 Å². The lowest BCUT2D eigenvalue weighted by Gasteiger charge is -2.03. The molecule has 1 aromatic rings. The lowest BCUT2D eigenvalue weighted by atomic mass is 10.3. The van der Waals surface area contributed by atoms with Crippen LogP contribution >= 0.6 is 0 Å². The highest BCUT2D eigenvalue weighted by Gasteiger charge is 2.05. The maximum atomic E-state index is 11.2. The Morgan fingerprint density at radius 1 is 1.62 bits per heavy atom. The number of amides is 1. The quantitative estimate of drug-likeness (QED) is 0.533. The van der Waals surface area contributed by atoms with Crippen molar-refractivity contribution in [2.45, 2.75) is 19.8 Å². The standard InChI is InChI=1S/C9H14N2O2/c1-2-3-6-10-11-9(12)8-5-4-7-13-8/h4-5,7,10H,2-3,6H2,1H3,(H,11,12). The molecule has 4 heteroatoms. The fourth-order valence-electron chi connectivity index (χ4n) is 0.877. The van der Waals surface area contributed by atoms with Gasteiger partial charge in [-0.2, -0.15) is 0 Å². The zero-order chi connectivity index (χ0) is 9.52. The van der Waals surface area contributed by atoms with Crippen LogP contribution in [0, 0.1) is 0 Å². The third kappa shape index (κ3) is 3.29. The predicted molar refractivity (Wildman–Crippen MR) is 49.1 cm³/mol. The highest BCUT2D eigenvalue weighted by atomic mass is 16.3. The Kier molecular flexibility index (Phi) is 4.05. The molecule has 72 valence electrons. The second-order valence-corrected chi connectivity index (χ2v) is 2.71. The van der Waals surface area contributed by atoms with Crippen molar-refractivity contribution in [1.82, 2.24) is 10.9 Å². The number of nitrogens with one attached hydrogen (secondary N) is 2. The van der Waals surface area contributed by atoms with Crippen LogP contribution in [0.5, 0.6) is 0 Å². The lowest BCUT2D eigenvalue weighted by Crippen LogP contribution is -2.37. The molecule has 0 aliphatic heterocycles. The molecule has 0 aliphatic rings. The van der Waals surface area contributed by atoms with E-state index in [2.05, 4.69) is 17.8 Å². The van der Waals surface area contributed by atoms with Gasteiger partial charge in [0.25, 0.3) is 0 Å². The van der Waals surface area contributed by atoms with Crippen molar-refractivity contribution in [1.29, 1.82) is 0 Å². The number of hydrogen-bond acceptors (Lipinski definition) is 3. The summed E-state index contributed by atoms with van der Waals surface area (Å²) in [6.07, 6.45) is 3.61. The van der Waals surface area contributed by atoms with Gasteiger partial charge in [0.1, 0.15) is 0 Å². The highest BCUT2D eigenvalue weighted by Crippen LogP contribution is 1.97. The van der Waals surface area contributed by atoms with Gasteiger partial charge in [-0.05, 0) is 18.6 Å². The molecule has 0 saturated carbocycles. The van der Waals surface area contributed by atoms with E-state index in [1.54, 1.807) is 12.1 Å². The molecular weight excluding hydrogens is 168 g/mol. The Morgan fingerprint density at radius 3 is 3.08 bits per heavy atom. The van der Waals surface area contributed by atoms with Crippen LogP contribution in [0.4, 0.5) is 0 Å². The summed E-state index contributed by atoms with van der Waals surface area (Å²) >= 11 is 0. The van der Waals surface area contributed by atoms with Crippen LogP contribution in [0.3, 0.4) is 0 Å².